The number of hydrogen-bond acceptors (Lipinski definition) is 3. The summed E-state index contributed by atoms with van der Waals surface area (Å²) in [6, 6.07) is 5.50. The first-order valence-electron chi connectivity index (χ1n) is 7.90. The second kappa shape index (κ2) is 8.93. The van der Waals surface area contributed by atoms with Gasteiger partial charge in [0.2, 0.25) is 0 Å². The van der Waals surface area contributed by atoms with E-state index in [0.717, 1.165) is 37.4 Å². The van der Waals surface area contributed by atoms with Crippen molar-refractivity contribution in [2.24, 2.45) is 0 Å². The lowest BCUT2D eigenvalue weighted by atomic mass is 10.1. The molecule has 2 amide bonds. The Bertz CT molecular complexity index is 521. The SMILES string of the molecule is CN1CCN(c2cccc(Cl)c2CNC(=O)NCCCF)CC1. The lowest BCUT2D eigenvalue weighted by Crippen LogP contribution is -2.45. The zero-order chi connectivity index (χ0) is 16.7. The number of hydrogen-bond donors (Lipinski definition) is 2. The summed E-state index contributed by atoms with van der Waals surface area (Å²) >= 11 is 6.33. The largest absolute Gasteiger partial charge is 0.369 e. The predicted octanol–water partition coefficient (Wildman–Crippen LogP) is 2.25. The van der Waals surface area contributed by atoms with E-state index in [1.165, 1.54) is 0 Å². The Hall–Kier alpha value is -1.53. The zero-order valence-corrected chi connectivity index (χ0v) is 14.2. The maximum Gasteiger partial charge on any atom is 0.315 e. The number of nitrogens with one attached hydrogen (secondary N) is 2. The summed E-state index contributed by atoms with van der Waals surface area (Å²) in [5.41, 5.74) is 1.98. The summed E-state index contributed by atoms with van der Waals surface area (Å²) < 4.78 is 12.0. The first-order chi connectivity index (χ1) is 11.1. The molecule has 0 spiro atoms. The van der Waals surface area contributed by atoms with Crippen LogP contribution in [0.1, 0.15) is 12.0 Å². The van der Waals surface area contributed by atoms with Gasteiger partial charge in [-0.1, -0.05) is 17.7 Å². The number of piperazine rings is 1. The average molecular weight is 343 g/mol. The van der Waals surface area contributed by atoms with E-state index < -0.39 is 6.67 Å². The molecule has 128 valence electrons. The van der Waals surface area contributed by atoms with Crippen molar-refractivity contribution in [1.82, 2.24) is 15.5 Å². The molecule has 0 saturated carbocycles. The maximum atomic E-state index is 12.0. The van der Waals surface area contributed by atoms with Crippen LogP contribution >= 0.6 is 11.6 Å². The van der Waals surface area contributed by atoms with Crippen molar-refractivity contribution < 1.29 is 9.18 Å². The highest BCUT2D eigenvalue weighted by Crippen LogP contribution is 2.28. The molecular formula is C16H24ClFN4O. The summed E-state index contributed by atoms with van der Waals surface area (Å²) in [6.07, 6.45) is 0.325. The van der Waals surface area contributed by atoms with Crippen molar-refractivity contribution in [2.45, 2.75) is 13.0 Å². The Balaban J connectivity index is 1.99. The van der Waals surface area contributed by atoms with Gasteiger partial charge in [0, 0.05) is 55.5 Å². The van der Waals surface area contributed by atoms with Crippen molar-refractivity contribution in [3.63, 3.8) is 0 Å². The number of alkyl halides is 1. The number of likely N-dealkylation sites (N-methyl/N-ethyl adjacent to an activating group) is 1. The van der Waals surface area contributed by atoms with Gasteiger partial charge in [0.1, 0.15) is 0 Å². The van der Waals surface area contributed by atoms with E-state index in [1.807, 2.05) is 18.2 Å². The molecule has 1 heterocycles. The first kappa shape index (κ1) is 17.8. The molecule has 0 aromatic heterocycles. The van der Waals surface area contributed by atoms with E-state index in [9.17, 15) is 9.18 Å². The van der Waals surface area contributed by atoms with Crippen LogP contribution < -0.4 is 15.5 Å². The summed E-state index contributed by atoms with van der Waals surface area (Å²) in [5.74, 6) is 0. The van der Waals surface area contributed by atoms with Gasteiger partial charge in [0.15, 0.2) is 0 Å². The fourth-order valence-electron chi connectivity index (χ4n) is 2.57. The van der Waals surface area contributed by atoms with Crippen LogP contribution in [0.2, 0.25) is 5.02 Å². The van der Waals surface area contributed by atoms with Crippen LogP contribution in [0.15, 0.2) is 18.2 Å². The Morgan fingerprint density at radius 2 is 2.00 bits per heavy atom. The molecule has 23 heavy (non-hydrogen) atoms. The van der Waals surface area contributed by atoms with E-state index in [-0.39, 0.29) is 6.03 Å². The number of carbonyl (C=O) groups is 1. The van der Waals surface area contributed by atoms with Crippen molar-refractivity contribution in [3.05, 3.63) is 28.8 Å². The molecule has 0 radical (unpaired) electrons. The fourth-order valence-corrected chi connectivity index (χ4v) is 2.80. The Morgan fingerprint density at radius 3 is 2.70 bits per heavy atom. The Morgan fingerprint density at radius 1 is 1.26 bits per heavy atom. The van der Waals surface area contributed by atoms with E-state index in [1.54, 1.807) is 0 Å². The standard InChI is InChI=1S/C16H24ClFN4O/c1-21-8-10-22(11-9-21)15-5-2-4-14(17)13(15)12-20-16(23)19-7-3-6-18/h2,4-5H,3,6-12H2,1H3,(H2,19,20,23). The van der Waals surface area contributed by atoms with Gasteiger partial charge in [-0.05, 0) is 25.6 Å². The first-order valence-corrected chi connectivity index (χ1v) is 8.28. The normalized spacial score (nSPS) is 15.5. The smallest absolute Gasteiger partial charge is 0.315 e. The van der Waals surface area contributed by atoms with E-state index in [0.29, 0.717) is 24.5 Å². The van der Waals surface area contributed by atoms with Crippen LogP contribution in [0.5, 0.6) is 0 Å². The summed E-state index contributed by atoms with van der Waals surface area (Å²) in [7, 11) is 2.11. The number of urea groups is 1. The quantitative estimate of drug-likeness (QED) is 0.780. The van der Waals surface area contributed by atoms with Gasteiger partial charge in [-0.3, -0.25) is 4.39 Å². The van der Waals surface area contributed by atoms with Crippen LogP contribution in [0.25, 0.3) is 0 Å². The highest BCUT2D eigenvalue weighted by Gasteiger charge is 2.18. The van der Waals surface area contributed by atoms with Crippen LogP contribution in [0.3, 0.4) is 0 Å². The fraction of sp³-hybridized carbons (Fsp3) is 0.562. The number of carbonyl (C=O) groups excluding carboxylic acids is 1. The molecule has 2 rings (SSSR count). The van der Waals surface area contributed by atoms with Gasteiger partial charge >= 0.3 is 6.03 Å². The molecule has 1 fully saturated rings. The third-order valence-corrected chi connectivity index (χ3v) is 4.31. The van der Waals surface area contributed by atoms with Gasteiger partial charge in [0.05, 0.1) is 6.67 Å². The Kier molecular flexibility index (Phi) is 6.92. The summed E-state index contributed by atoms with van der Waals surface area (Å²) in [5, 5.41) is 6.06. The average Bonchev–Trinajstić information content (AvgIpc) is 2.54. The minimum absolute atomic E-state index is 0.303. The zero-order valence-electron chi connectivity index (χ0n) is 13.4. The minimum Gasteiger partial charge on any atom is -0.369 e. The number of rotatable bonds is 6. The number of amides is 2. The molecule has 1 aromatic carbocycles. The second-order valence-corrected chi connectivity index (χ2v) is 6.09. The third kappa shape index (κ3) is 5.25. The van der Waals surface area contributed by atoms with Crippen LogP contribution in [0.4, 0.5) is 14.9 Å². The van der Waals surface area contributed by atoms with Crippen molar-refractivity contribution in [1.29, 1.82) is 0 Å². The predicted molar refractivity (Wildman–Crippen MR) is 92.0 cm³/mol. The van der Waals surface area contributed by atoms with Gasteiger partial charge in [-0.15, -0.1) is 0 Å². The molecule has 0 bridgehead atoms. The highest BCUT2D eigenvalue weighted by molar-refractivity contribution is 6.31. The number of benzene rings is 1. The van der Waals surface area contributed by atoms with Crippen molar-refractivity contribution in [2.75, 3.05) is 51.3 Å². The molecule has 0 unspecified atom stereocenters. The molecule has 2 N–H and O–H groups in total. The van der Waals surface area contributed by atoms with Crippen LogP contribution in [-0.2, 0) is 6.54 Å². The van der Waals surface area contributed by atoms with E-state index >= 15 is 0 Å². The number of halogens is 2. The molecule has 1 aliphatic rings. The van der Waals surface area contributed by atoms with Gasteiger partial charge in [0.25, 0.3) is 0 Å². The molecule has 1 aliphatic heterocycles. The number of anilines is 1. The lowest BCUT2D eigenvalue weighted by Gasteiger charge is -2.35. The molecule has 0 aliphatic carbocycles. The summed E-state index contributed by atoms with van der Waals surface area (Å²) in [6.45, 7) is 4.13. The van der Waals surface area contributed by atoms with Gasteiger partial charge < -0.3 is 20.4 Å². The van der Waals surface area contributed by atoms with E-state index in [4.69, 9.17) is 11.6 Å². The van der Waals surface area contributed by atoms with Crippen LogP contribution in [0, 0.1) is 0 Å². The second-order valence-electron chi connectivity index (χ2n) is 5.68. The monoisotopic (exact) mass is 342 g/mol. The molecule has 0 atom stereocenters. The molecule has 1 saturated heterocycles. The third-order valence-electron chi connectivity index (χ3n) is 3.96. The van der Waals surface area contributed by atoms with Gasteiger partial charge in [-0.25, -0.2) is 4.79 Å². The number of nitrogens with zero attached hydrogens (tertiary/aromatic N) is 2. The lowest BCUT2D eigenvalue weighted by molar-refractivity contribution is 0.240. The minimum atomic E-state index is -0.432. The maximum absolute atomic E-state index is 12.0. The molecule has 1 aromatic rings. The Labute approximate surface area is 141 Å². The molecule has 5 nitrogen and oxygen atoms in total. The van der Waals surface area contributed by atoms with Crippen LogP contribution in [-0.4, -0.2) is 57.4 Å². The van der Waals surface area contributed by atoms with E-state index in [2.05, 4.69) is 27.5 Å². The molecule has 7 heteroatoms. The molecular weight excluding hydrogens is 319 g/mol. The van der Waals surface area contributed by atoms with Gasteiger partial charge in [-0.2, -0.15) is 0 Å². The van der Waals surface area contributed by atoms with Crippen molar-refractivity contribution in [3.8, 4) is 0 Å². The van der Waals surface area contributed by atoms with Crippen molar-refractivity contribution >= 4 is 23.3 Å². The topological polar surface area (TPSA) is 47.6 Å². The highest BCUT2D eigenvalue weighted by atomic mass is 35.5. The summed E-state index contributed by atoms with van der Waals surface area (Å²) in [4.78, 5) is 16.3.